The fourth-order valence-corrected chi connectivity index (χ4v) is 3.38. The molecule has 1 heterocycles. The molecule has 4 nitrogen and oxygen atoms in total. The Hall–Kier alpha value is -1.52. The third kappa shape index (κ3) is 2.23. The summed E-state index contributed by atoms with van der Waals surface area (Å²) in [5.74, 6) is 1.18. The second-order valence-corrected chi connectivity index (χ2v) is 5.62. The number of nitrogens with zero attached hydrogens (tertiary/aromatic N) is 1. The smallest absolute Gasteiger partial charge is 0.161 e. The molecule has 1 N–H and O–H groups in total. The molecule has 2 aliphatic rings. The Bertz CT molecular complexity index is 679. The molecule has 3 rings (SSSR count). The molecule has 0 spiro atoms. The zero-order chi connectivity index (χ0) is 17.7. The van der Waals surface area contributed by atoms with Crippen molar-refractivity contribution in [1.29, 1.82) is 0 Å². The Morgan fingerprint density at radius 2 is 2.14 bits per heavy atom. The summed E-state index contributed by atoms with van der Waals surface area (Å²) < 4.78 is 35.6. The maximum Gasteiger partial charge on any atom is 0.161 e. The van der Waals surface area contributed by atoms with Gasteiger partial charge in [-0.3, -0.25) is 0 Å². The van der Waals surface area contributed by atoms with Crippen LogP contribution in [0.5, 0.6) is 11.5 Å². The quantitative estimate of drug-likeness (QED) is 0.865. The van der Waals surface area contributed by atoms with E-state index in [-0.39, 0.29) is 6.05 Å². The molecule has 4 heteroatoms. The molecule has 1 aromatic carbocycles. The fraction of sp³-hybridized carbons (Fsp3) is 0.529. The normalized spacial score (nSPS) is 37.0. The van der Waals surface area contributed by atoms with Crippen LogP contribution in [0.2, 0.25) is 0 Å². The highest BCUT2D eigenvalue weighted by Gasteiger charge is 2.48. The van der Waals surface area contributed by atoms with Crippen molar-refractivity contribution < 1.29 is 18.7 Å². The highest BCUT2D eigenvalue weighted by molar-refractivity contribution is 5.48. The molecular weight excluding hydrogens is 266 g/mol. The second kappa shape index (κ2) is 5.35. The largest absolute Gasteiger partial charge is 0.493 e. The molecule has 1 aliphatic heterocycles. The van der Waals surface area contributed by atoms with Crippen LogP contribution < -0.4 is 9.47 Å². The summed E-state index contributed by atoms with van der Waals surface area (Å²) in [7, 11) is 4.99. The highest BCUT2D eigenvalue weighted by atomic mass is 16.5. The number of ether oxygens (including phenoxy) is 2. The number of benzene rings is 1. The van der Waals surface area contributed by atoms with Gasteiger partial charge in [-0.05, 0) is 44.1 Å². The van der Waals surface area contributed by atoms with Gasteiger partial charge in [-0.1, -0.05) is 18.2 Å². The molecular formula is C17H23NO3. The maximum atomic E-state index is 10.2. The zero-order valence-electron chi connectivity index (χ0n) is 15.6. The lowest BCUT2D eigenvalue weighted by Gasteiger charge is -2.39. The van der Waals surface area contributed by atoms with Crippen molar-refractivity contribution in [3.05, 3.63) is 35.9 Å². The van der Waals surface area contributed by atoms with Gasteiger partial charge in [0.2, 0.25) is 0 Å². The molecule has 0 saturated carbocycles. The van der Waals surface area contributed by atoms with Gasteiger partial charge in [0.15, 0.2) is 11.5 Å². The molecule has 0 aromatic heterocycles. The lowest BCUT2D eigenvalue weighted by atomic mass is 9.69. The molecule has 114 valence electrons. The van der Waals surface area contributed by atoms with E-state index in [4.69, 9.17) is 13.6 Å². The van der Waals surface area contributed by atoms with E-state index in [0.717, 1.165) is 5.56 Å². The number of fused-ring (bicyclic) bond motifs is 1. The van der Waals surface area contributed by atoms with Crippen molar-refractivity contribution in [2.24, 2.45) is 0 Å². The minimum absolute atomic E-state index is 0.0682. The number of methoxy groups -OCH3 is 2. The fourth-order valence-electron chi connectivity index (χ4n) is 3.38. The van der Waals surface area contributed by atoms with Crippen molar-refractivity contribution in [1.82, 2.24) is 4.90 Å². The van der Waals surface area contributed by atoms with Gasteiger partial charge < -0.3 is 19.5 Å². The molecule has 21 heavy (non-hydrogen) atoms. The second-order valence-electron chi connectivity index (χ2n) is 5.62. The number of likely N-dealkylation sites (tertiary alicyclic amines) is 1. The summed E-state index contributed by atoms with van der Waals surface area (Å²) in [6.07, 6.45) is -0.937. The third-order valence-corrected chi connectivity index (χ3v) is 4.54. The number of rotatable bonds is 3. The van der Waals surface area contributed by atoms with Gasteiger partial charge in [0.25, 0.3) is 0 Å². The number of aliphatic hydroxyl groups excluding tert-OH is 1. The highest BCUT2D eigenvalue weighted by Crippen LogP contribution is 2.46. The molecule has 1 saturated heterocycles. The summed E-state index contributed by atoms with van der Waals surface area (Å²) >= 11 is 0. The number of aliphatic hydroxyl groups is 1. The van der Waals surface area contributed by atoms with Gasteiger partial charge in [-0.2, -0.15) is 0 Å². The lowest BCUT2D eigenvalue weighted by molar-refractivity contribution is 0.137. The summed E-state index contributed by atoms with van der Waals surface area (Å²) in [5.41, 5.74) is 0.198. The van der Waals surface area contributed by atoms with Crippen LogP contribution in [-0.4, -0.2) is 50.0 Å². The first-order valence-corrected chi connectivity index (χ1v) is 7.08. The van der Waals surface area contributed by atoms with Crippen molar-refractivity contribution in [3.8, 4) is 11.5 Å². The van der Waals surface area contributed by atoms with E-state index in [2.05, 4.69) is 0 Å². The van der Waals surface area contributed by atoms with E-state index in [1.807, 2.05) is 24.1 Å². The van der Waals surface area contributed by atoms with Gasteiger partial charge in [-0.25, -0.2) is 0 Å². The van der Waals surface area contributed by atoms with Crippen molar-refractivity contribution >= 4 is 0 Å². The number of hydrogen-bond donors (Lipinski definition) is 1. The van der Waals surface area contributed by atoms with Crippen LogP contribution in [0.15, 0.2) is 30.3 Å². The van der Waals surface area contributed by atoms with Gasteiger partial charge in [-0.15, -0.1) is 0 Å². The van der Waals surface area contributed by atoms with Crippen LogP contribution >= 0.6 is 0 Å². The van der Waals surface area contributed by atoms with E-state index in [1.165, 1.54) is 0 Å². The number of likely N-dealkylation sites (N-methyl/N-ethyl adjacent to an activating group) is 1. The van der Waals surface area contributed by atoms with E-state index < -0.39 is 23.9 Å². The minimum Gasteiger partial charge on any atom is -0.493 e. The molecule has 1 aliphatic carbocycles. The van der Waals surface area contributed by atoms with Crippen LogP contribution in [0.4, 0.5) is 0 Å². The van der Waals surface area contributed by atoms with Gasteiger partial charge in [0, 0.05) is 14.2 Å². The average molecular weight is 292 g/mol. The first-order chi connectivity index (χ1) is 11.3. The minimum atomic E-state index is -1.91. The van der Waals surface area contributed by atoms with Crippen molar-refractivity contribution in [2.75, 3.05) is 27.8 Å². The zero-order valence-corrected chi connectivity index (χ0v) is 12.6. The van der Waals surface area contributed by atoms with Crippen molar-refractivity contribution in [3.63, 3.8) is 0 Å². The van der Waals surface area contributed by atoms with Crippen LogP contribution in [0.1, 0.15) is 22.5 Å². The first kappa shape index (κ1) is 11.1. The van der Waals surface area contributed by atoms with Crippen molar-refractivity contribution in [2.45, 2.75) is 30.4 Å². The van der Waals surface area contributed by atoms with Crippen LogP contribution in [0, 0.1) is 0 Å². The Kier molecular flexibility index (Phi) is 2.83. The summed E-state index contributed by atoms with van der Waals surface area (Å²) in [5, 5.41) is 10.2. The molecule has 0 radical (unpaired) electrons. The molecule has 0 amide bonds. The van der Waals surface area contributed by atoms with E-state index >= 15 is 0 Å². The predicted octanol–water partition coefficient (Wildman–Crippen LogP) is 1.97. The third-order valence-electron chi connectivity index (χ3n) is 4.54. The monoisotopic (exact) mass is 292 g/mol. The predicted molar refractivity (Wildman–Crippen MR) is 82.0 cm³/mol. The Balaban J connectivity index is 2.20. The summed E-state index contributed by atoms with van der Waals surface area (Å²) in [4.78, 5) is 1.93. The van der Waals surface area contributed by atoms with Gasteiger partial charge in [0.05, 0.1) is 21.7 Å². The standard InChI is InChI=1S/C17H23NO3/c1-18-9-8-17(7-6-13(19)11-16(17)18)12-4-5-14(20-2)15(10-12)21-3/h4-7,10,13,16,19H,8-9,11H2,1-3H3/t13-,16-,17-/m0/s1/i6D,11D2. The summed E-state index contributed by atoms with van der Waals surface area (Å²) in [6, 6.07) is 4.93. The molecule has 1 fully saturated rings. The summed E-state index contributed by atoms with van der Waals surface area (Å²) in [6.45, 7) is 0.690. The first-order valence-electron chi connectivity index (χ1n) is 8.58. The molecule has 1 aromatic rings. The van der Waals surface area contributed by atoms with E-state index in [1.54, 1.807) is 26.4 Å². The number of hydrogen-bond acceptors (Lipinski definition) is 4. The molecule has 0 unspecified atom stereocenters. The van der Waals surface area contributed by atoms with E-state index in [9.17, 15) is 5.11 Å². The van der Waals surface area contributed by atoms with Gasteiger partial charge >= 0.3 is 0 Å². The Labute approximate surface area is 130 Å². The Morgan fingerprint density at radius 3 is 2.86 bits per heavy atom. The molecule has 0 bridgehead atoms. The van der Waals surface area contributed by atoms with Crippen LogP contribution in [0.25, 0.3) is 0 Å². The van der Waals surface area contributed by atoms with E-state index in [0.29, 0.717) is 24.5 Å². The van der Waals surface area contributed by atoms with Crippen LogP contribution in [-0.2, 0) is 5.41 Å². The lowest BCUT2D eigenvalue weighted by Crippen LogP contribution is -2.44. The average Bonchev–Trinajstić information content (AvgIpc) is 2.90. The SMILES string of the molecule is [2H]C1=C[C@@]2(c3ccc(OC)c(OC)c3)CCN(C)[C@H]2C([2H])([2H])[C@H]1O. The van der Waals surface area contributed by atoms with Crippen LogP contribution in [0.3, 0.4) is 0 Å². The Morgan fingerprint density at radius 1 is 1.38 bits per heavy atom. The maximum absolute atomic E-state index is 10.2. The van der Waals surface area contributed by atoms with Gasteiger partial charge in [0.1, 0.15) is 0 Å². The molecule has 3 atom stereocenters. The topological polar surface area (TPSA) is 41.9 Å².